The standard InChI is InChI=1S/C21H23N5O2/c22-19(28)14-11-24-20(17-13-4-1-2-5-15(13)25-18(14)17)26-9-3-6-21(12-26)7-8-23-16(27)10-21/h1-2,4-5,11,25H,3,6-10,12H2,(H2,22,28)(H,23,27). The summed E-state index contributed by atoms with van der Waals surface area (Å²) < 4.78 is 0. The molecule has 2 aromatic heterocycles. The van der Waals surface area contributed by atoms with Crippen LogP contribution in [0.3, 0.4) is 0 Å². The fourth-order valence-corrected chi connectivity index (χ4v) is 4.95. The Morgan fingerprint density at radius 3 is 2.93 bits per heavy atom. The number of pyridine rings is 1. The Bertz CT molecular complexity index is 1100. The number of aromatic amines is 1. The molecule has 28 heavy (non-hydrogen) atoms. The second kappa shape index (κ2) is 6.22. The first kappa shape index (κ1) is 17.0. The van der Waals surface area contributed by atoms with Gasteiger partial charge in [-0.3, -0.25) is 9.59 Å². The van der Waals surface area contributed by atoms with Gasteiger partial charge >= 0.3 is 0 Å². The summed E-state index contributed by atoms with van der Waals surface area (Å²) in [5.74, 6) is 0.513. The molecule has 2 aliphatic heterocycles. The van der Waals surface area contributed by atoms with Crippen LogP contribution in [0.25, 0.3) is 21.8 Å². The molecular formula is C21H23N5O2. The van der Waals surface area contributed by atoms with Gasteiger partial charge < -0.3 is 20.9 Å². The van der Waals surface area contributed by atoms with Crippen molar-refractivity contribution in [2.24, 2.45) is 11.1 Å². The Hall–Kier alpha value is -3.09. The monoisotopic (exact) mass is 377 g/mol. The summed E-state index contributed by atoms with van der Waals surface area (Å²) in [5, 5.41) is 4.91. The van der Waals surface area contributed by atoms with Gasteiger partial charge in [0.1, 0.15) is 5.82 Å². The lowest BCUT2D eigenvalue weighted by molar-refractivity contribution is -0.126. The molecule has 1 unspecified atom stereocenters. The van der Waals surface area contributed by atoms with Gasteiger partial charge in [-0.05, 0) is 30.7 Å². The average molecular weight is 377 g/mol. The van der Waals surface area contributed by atoms with Gasteiger partial charge in [0.25, 0.3) is 5.91 Å². The minimum Gasteiger partial charge on any atom is -0.365 e. The van der Waals surface area contributed by atoms with Gasteiger partial charge in [-0.1, -0.05) is 18.2 Å². The minimum atomic E-state index is -0.491. The van der Waals surface area contributed by atoms with Crippen LogP contribution >= 0.6 is 0 Å². The van der Waals surface area contributed by atoms with Crippen LogP contribution in [0.2, 0.25) is 0 Å². The summed E-state index contributed by atoms with van der Waals surface area (Å²) >= 11 is 0. The molecule has 1 atom stereocenters. The highest BCUT2D eigenvalue weighted by molar-refractivity contribution is 6.18. The maximum atomic E-state index is 12.0. The molecular weight excluding hydrogens is 354 g/mol. The Labute approximate surface area is 162 Å². The lowest BCUT2D eigenvalue weighted by atomic mass is 9.72. The van der Waals surface area contributed by atoms with E-state index in [-0.39, 0.29) is 11.3 Å². The third-order valence-corrected chi connectivity index (χ3v) is 6.25. The zero-order valence-corrected chi connectivity index (χ0v) is 15.6. The molecule has 5 rings (SSSR count). The van der Waals surface area contributed by atoms with Gasteiger partial charge in [-0.2, -0.15) is 0 Å². The summed E-state index contributed by atoms with van der Waals surface area (Å²) in [5.41, 5.74) is 7.70. The Kier molecular flexibility index (Phi) is 3.79. The molecule has 4 N–H and O–H groups in total. The van der Waals surface area contributed by atoms with Crippen molar-refractivity contribution >= 4 is 39.4 Å². The number of hydrogen-bond donors (Lipinski definition) is 3. The van der Waals surface area contributed by atoms with Crippen molar-refractivity contribution in [3.63, 3.8) is 0 Å². The highest BCUT2D eigenvalue weighted by Gasteiger charge is 2.40. The van der Waals surface area contributed by atoms with Crippen molar-refractivity contribution in [2.45, 2.75) is 25.7 Å². The van der Waals surface area contributed by atoms with Crippen LogP contribution in [-0.4, -0.2) is 41.4 Å². The highest BCUT2D eigenvalue weighted by atomic mass is 16.2. The summed E-state index contributed by atoms with van der Waals surface area (Å²) in [6.07, 6.45) is 5.22. The number of piperidine rings is 2. The molecule has 0 saturated carbocycles. The minimum absolute atomic E-state index is 0.00303. The number of carbonyl (C=O) groups excluding carboxylic acids is 2. The van der Waals surface area contributed by atoms with Crippen molar-refractivity contribution in [2.75, 3.05) is 24.5 Å². The van der Waals surface area contributed by atoms with Gasteiger partial charge in [-0.25, -0.2) is 4.98 Å². The van der Waals surface area contributed by atoms with E-state index in [2.05, 4.69) is 20.2 Å². The van der Waals surface area contributed by atoms with Gasteiger partial charge in [0.15, 0.2) is 0 Å². The molecule has 1 spiro atoms. The summed E-state index contributed by atoms with van der Waals surface area (Å²) in [7, 11) is 0. The summed E-state index contributed by atoms with van der Waals surface area (Å²) in [4.78, 5) is 34.3. The number of rotatable bonds is 2. The second-order valence-electron chi connectivity index (χ2n) is 8.08. The molecule has 0 radical (unpaired) electrons. The number of carbonyl (C=O) groups is 2. The van der Waals surface area contributed by atoms with Gasteiger partial charge in [0, 0.05) is 43.2 Å². The molecule has 2 saturated heterocycles. The number of aromatic nitrogens is 2. The lowest BCUT2D eigenvalue weighted by Gasteiger charge is -2.45. The van der Waals surface area contributed by atoms with Crippen LogP contribution in [0.5, 0.6) is 0 Å². The van der Waals surface area contributed by atoms with Crippen LogP contribution in [-0.2, 0) is 4.79 Å². The van der Waals surface area contributed by atoms with Crippen LogP contribution in [0.15, 0.2) is 30.5 Å². The first-order valence-corrected chi connectivity index (χ1v) is 9.77. The maximum absolute atomic E-state index is 12.0. The molecule has 2 fully saturated rings. The molecule has 0 bridgehead atoms. The quantitative estimate of drug-likeness (QED) is 0.637. The summed E-state index contributed by atoms with van der Waals surface area (Å²) in [6, 6.07) is 7.98. The Morgan fingerprint density at radius 1 is 1.25 bits per heavy atom. The molecule has 7 nitrogen and oxygen atoms in total. The number of benzene rings is 1. The predicted molar refractivity (Wildman–Crippen MR) is 108 cm³/mol. The molecule has 4 heterocycles. The van der Waals surface area contributed by atoms with E-state index in [1.807, 2.05) is 24.3 Å². The summed E-state index contributed by atoms with van der Waals surface area (Å²) in [6.45, 7) is 2.43. The molecule has 7 heteroatoms. The van der Waals surface area contributed by atoms with E-state index >= 15 is 0 Å². The number of hydrogen-bond acceptors (Lipinski definition) is 4. The average Bonchev–Trinajstić information content (AvgIpc) is 3.06. The second-order valence-corrected chi connectivity index (χ2v) is 8.08. The number of nitrogens with one attached hydrogen (secondary N) is 2. The Morgan fingerprint density at radius 2 is 2.11 bits per heavy atom. The molecule has 144 valence electrons. The van der Waals surface area contributed by atoms with Crippen LogP contribution in [0.4, 0.5) is 5.82 Å². The van der Waals surface area contributed by atoms with Crippen molar-refractivity contribution in [1.29, 1.82) is 0 Å². The molecule has 1 aromatic carbocycles. The van der Waals surface area contributed by atoms with Crippen molar-refractivity contribution in [1.82, 2.24) is 15.3 Å². The number of H-pyrrole nitrogens is 1. The van der Waals surface area contributed by atoms with E-state index in [0.717, 1.165) is 66.5 Å². The number of primary amides is 1. The van der Waals surface area contributed by atoms with Crippen LogP contribution in [0, 0.1) is 5.41 Å². The molecule has 3 aromatic rings. The molecule has 2 amide bonds. The fraction of sp³-hybridized carbons (Fsp3) is 0.381. The van der Waals surface area contributed by atoms with E-state index in [9.17, 15) is 9.59 Å². The van der Waals surface area contributed by atoms with Gasteiger partial charge in [-0.15, -0.1) is 0 Å². The first-order chi connectivity index (χ1) is 13.6. The predicted octanol–water partition coefficient (Wildman–Crippen LogP) is 2.31. The smallest absolute Gasteiger partial charge is 0.252 e. The number of amides is 2. The van der Waals surface area contributed by atoms with E-state index in [4.69, 9.17) is 5.73 Å². The SMILES string of the molecule is NC(=O)c1cnc(N2CCCC3(CCNC(=O)C3)C2)c2c1[nH]c1ccccc12. The highest BCUT2D eigenvalue weighted by Crippen LogP contribution is 2.42. The van der Waals surface area contributed by atoms with Gasteiger partial charge in [0.2, 0.25) is 5.91 Å². The van der Waals surface area contributed by atoms with E-state index in [1.54, 1.807) is 6.20 Å². The molecule has 0 aliphatic carbocycles. The number of anilines is 1. The number of para-hydroxylation sites is 1. The van der Waals surface area contributed by atoms with Crippen LogP contribution in [0.1, 0.15) is 36.0 Å². The zero-order chi connectivity index (χ0) is 19.3. The maximum Gasteiger partial charge on any atom is 0.252 e. The lowest BCUT2D eigenvalue weighted by Crippen LogP contribution is -2.50. The van der Waals surface area contributed by atoms with E-state index in [1.165, 1.54) is 0 Å². The van der Waals surface area contributed by atoms with Crippen molar-refractivity contribution < 1.29 is 9.59 Å². The number of fused-ring (bicyclic) bond motifs is 3. The third kappa shape index (κ3) is 2.61. The van der Waals surface area contributed by atoms with Crippen molar-refractivity contribution in [3.8, 4) is 0 Å². The number of nitrogens with zero attached hydrogens (tertiary/aromatic N) is 2. The normalized spacial score (nSPS) is 22.7. The Balaban J connectivity index is 1.65. The van der Waals surface area contributed by atoms with Crippen molar-refractivity contribution in [3.05, 3.63) is 36.0 Å². The third-order valence-electron chi connectivity index (χ3n) is 6.25. The zero-order valence-electron chi connectivity index (χ0n) is 15.6. The van der Waals surface area contributed by atoms with E-state index < -0.39 is 5.91 Å². The van der Waals surface area contributed by atoms with E-state index in [0.29, 0.717) is 12.0 Å². The van der Waals surface area contributed by atoms with Gasteiger partial charge in [0.05, 0.1) is 16.5 Å². The van der Waals surface area contributed by atoms with Crippen LogP contribution < -0.4 is 16.0 Å². The first-order valence-electron chi connectivity index (χ1n) is 9.77. The fourth-order valence-electron chi connectivity index (χ4n) is 4.95. The topological polar surface area (TPSA) is 104 Å². The largest absolute Gasteiger partial charge is 0.365 e. The molecule has 2 aliphatic rings. The number of nitrogens with two attached hydrogens (primary N) is 1.